The van der Waals surface area contributed by atoms with Crippen LogP contribution in [-0.4, -0.2) is 53.2 Å². The molecule has 0 unspecified atom stereocenters. The molecular formula is C21H22N6O2S2. The molecule has 160 valence electrons. The second-order valence-corrected chi connectivity index (χ2v) is 11.8. The lowest BCUT2D eigenvalue weighted by Gasteiger charge is -2.17. The van der Waals surface area contributed by atoms with E-state index in [0.717, 1.165) is 31.8 Å². The van der Waals surface area contributed by atoms with Crippen LogP contribution >= 0.6 is 11.3 Å². The minimum Gasteiger partial charge on any atom is -0.339 e. The zero-order valence-corrected chi connectivity index (χ0v) is 18.6. The number of nitrogens with zero attached hydrogens (tertiary/aromatic N) is 4. The Morgan fingerprint density at radius 2 is 2.03 bits per heavy atom. The van der Waals surface area contributed by atoms with Gasteiger partial charge in [0.2, 0.25) is 5.95 Å². The lowest BCUT2D eigenvalue weighted by molar-refractivity contribution is 0.589. The highest BCUT2D eigenvalue weighted by Gasteiger charge is 2.32. The average molecular weight is 455 g/mol. The third-order valence-electron chi connectivity index (χ3n) is 6.10. The molecule has 1 saturated carbocycles. The minimum absolute atomic E-state index is 0.380. The maximum absolute atomic E-state index is 12.0. The van der Waals surface area contributed by atoms with Crippen molar-refractivity contribution in [2.24, 2.45) is 0 Å². The summed E-state index contributed by atoms with van der Waals surface area (Å²) in [6.07, 6.45) is 4.31. The molecule has 1 saturated heterocycles. The fourth-order valence-corrected chi connectivity index (χ4v) is 6.26. The average Bonchev–Trinajstić information content (AvgIpc) is 3.16. The molecule has 4 aromatic rings. The summed E-state index contributed by atoms with van der Waals surface area (Å²) in [6, 6.07) is 10.2. The number of rotatable bonds is 5. The van der Waals surface area contributed by atoms with Gasteiger partial charge < -0.3 is 10.2 Å². The highest BCUT2D eigenvalue weighted by atomic mass is 32.2. The number of aromatic amines is 1. The minimum atomic E-state index is -3.09. The van der Waals surface area contributed by atoms with Crippen LogP contribution in [0.15, 0.2) is 30.3 Å². The Hall–Kier alpha value is -2.72. The number of anilines is 3. The van der Waals surface area contributed by atoms with Gasteiger partial charge in [-0.1, -0.05) is 18.2 Å². The maximum atomic E-state index is 12.0. The summed E-state index contributed by atoms with van der Waals surface area (Å²) in [5, 5.41) is 11.6. The first-order valence-electron chi connectivity index (χ1n) is 10.4. The molecule has 1 aliphatic carbocycles. The SMILES string of the molecule is CS(=O)(=O)[C@H]1CCN(c2nc(Nc3cc(C4CC4)[nH]n3)c3sc4ccccc4c3n2)C1. The van der Waals surface area contributed by atoms with Gasteiger partial charge in [0.25, 0.3) is 0 Å². The van der Waals surface area contributed by atoms with Gasteiger partial charge in [0.1, 0.15) is 0 Å². The molecule has 2 N–H and O–H groups in total. The zero-order valence-electron chi connectivity index (χ0n) is 17.0. The monoisotopic (exact) mass is 454 g/mol. The molecule has 3 aromatic heterocycles. The molecule has 0 amide bonds. The van der Waals surface area contributed by atoms with Crippen LogP contribution in [0.1, 0.15) is 30.9 Å². The van der Waals surface area contributed by atoms with E-state index in [1.807, 2.05) is 23.1 Å². The molecule has 0 radical (unpaired) electrons. The van der Waals surface area contributed by atoms with Crippen molar-refractivity contribution in [2.45, 2.75) is 30.4 Å². The van der Waals surface area contributed by atoms with E-state index in [2.05, 4.69) is 27.6 Å². The Morgan fingerprint density at radius 3 is 2.81 bits per heavy atom. The Bertz CT molecular complexity index is 1410. The van der Waals surface area contributed by atoms with Crippen molar-refractivity contribution in [2.75, 3.05) is 29.6 Å². The summed E-state index contributed by atoms with van der Waals surface area (Å²) in [4.78, 5) is 11.7. The van der Waals surface area contributed by atoms with Gasteiger partial charge in [-0.3, -0.25) is 5.10 Å². The summed E-state index contributed by atoms with van der Waals surface area (Å²) in [7, 11) is -3.09. The Morgan fingerprint density at radius 1 is 1.19 bits per heavy atom. The molecule has 1 aromatic carbocycles. The number of nitrogens with one attached hydrogen (secondary N) is 2. The Labute approximate surface area is 183 Å². The van der Waals surface area contributed by atoms with Crippen LogP contribution in [0.4, 0.5) is 17.6 Å². The normalized spacial score (nSPS) is 19.5. The molecular weight excluding hydrogens is 432 g/mol. The number of H-pyrrole nitrogens is 1. The van der Waals surface area contributed by atoms with Crippen molar-refractivity contribution in [3.8, 4) is 0 Å². The summed E-state index contributed by atoms with van der Waals surface area (Å²) >= 11 is 1.65. The number of hydrogen-bond acceptors (Lipinski definition) is 8. The number of fused-ring (bicyclic) bond motifs is 3. The predicted octanol–water partition coefficient (Wildman–Crippen LogP) is 3.81. The molecule has 1 aliphatic heterocycles. The highest BCUT2D eigenvalue weighted by molar-refractivity contribution is 7.91. The summed E-state index contributed by atoms with van der Waals surface area (Å²) in [5.41, 5.74) is 2.04. The van der Waals surface area contributed by atoms with Crippen molar-refractivity contribution in [3.05, 3.63) is 36.0 Å². The maximum Gasteiger partial charge on any atom is 0.228 e. The molecule has 0 spiro atoms. The summed E-state index contributed by atoms with van der Waals surface area (Å²) in [6.45, 7) is 1.04. The van der Waals surface area contributed by atoms with Crippen LogP contribution < -0.4 is 10.2 Å². The number of sulfone groups is 1. The van der Waals surface area contributed by atoms with E-state index in [-0.39, 0.29) is 5.25 Å². The van der Waals surface area contributed by atoms with E-state index in [1.165, 1.54) is 19.1 Å². The largest absolute Gasteiger partial charge is 0.339 e. The summed E-state index contributed by atoms with van der Waals surface area (Å²) in [5.74, 6) is 2.59. The van der Waals surface area contributed by atoms with Crippen LogP contribution in [0.2, 0.25) is 0 Å². The number of thiophene rings is 1. The lowest BCUT2D eigenvalue weighted by atomic mass is 10.2. The molecule has 0 bridgehead atoms. The van der Waals surface area contributed by atoms with Crippen molar-refractivity contribution < 1.29 is 8.42 Å². The second kappa shape index (κ2) is 6.89. The van der Waals surface area contributed by atoms with Gasteiger partial charge in [0.05, 0.1) is 15.5 Å². The van der Waals surface area contributed by atoms with E-state index >= 15 is 0 Å². The molecule has 8 nitrogen and oxygen atoms in total. The van der Waals surface area contributed by atoms with Crippen LogP contribution in [0.3, 0.4) is 0 Å². The zero-order chi connectivity index (χ0) is 21.2. The molecule has 4 heterocycles. The van der Waals surface area contributed by atoms with Crippen LogP contribution in [0.5, 0.6) is 0 Å². The topological polar surface area (TPSA) is 104 Å². The highest BCUT2D eigenvalue weighted by Crippen LogP contribution is 2.41. The lowest BCUT2D eigenvalue weighted by Crippen LogP contribution is -2.27. The first-order chi connectivity index (χ1) is 15.0. The number of hydrogen-bond donors (Lipinski definition) is 2. The van der Waals surface area contributed by atoms with Crippen molar-refractivity contribution in [1.29, 1.82) is 0 Å². The van der Waals surface area contributed by atoms with Crippen molar-refractivity contribution >= 4 is 59.1 Å². The van der Waals surface area contributed by atoms with Gasteiger partial charge in [-0.15, -0.1) is 11.3 Å². The molecule has 6 rings (SSSR count). The Kier molecular flexibility index (Phi) is 4.23. The molecule has 2 fully saturated rings. The van der Waals surface area contributed by atoms with Gasteiger partial charge in [-0.25, -0.2) is 13.4 Å². The van der Waals surface area contributed by atoms with Crippen LogP contribution in [0, 0.1) is 0 Å². The first-order valence-corrected chi connectivity index (χ1v) is 13.2. The van der Waals surface area contributed by atoms with Crippen LogP contribution in [-0.2, 0) is 9.84 Å². The first kappa shape index (κ1) is 19.0. The van der Waals surface area contributed by atoms with Gasteiger partial charge in [0, 0.05) is 47.1 Å². The quantitative estimate of drug-likeness (QED) is 0.472. The fourth-order valence-electron chi connectivity index (χ4n) is 4.19. The Balaban J connectivity index is 1.44. The fraction of sp³-hybridized carbons (Fsp3) is 0.381. The van der Waals surface area contributed by atoms with Gasteiger partial charge in [-0.05, 0) is 25.3 Å². The second-order valence-electron chi connectivity index (χ2n) is 8.44. The predicted molar refractivity (Wildman–Crippen MR) is 124 cm³/mol. The molecule has 31 heavy (non-hydrogen) atoms. The van der Waals surface area contributed by atoms with Gasteiger partial charge >= 0.3 is 0 Å². The molecule has 1 atom stereocenters. The van der Waals surface area contributed by atoms with Crippen molar-refractivity contribution in [1.82, 2.24) is 20.2 Å². The third kappa shape index (κ3) is 3.43. The van der Waals surface area contributed by atoms with E-state index in [0.29, 0.717) is 37.2 Å². The summed E-state index contributed by atoms with van der Waals surface area (Å²) < 4.78 is 26.2. The van der Waals surface area contributed by atoms with Gasteiger partial charge in [-0.2, -0.15) is 10.1 Å². The van der Waals surface area contributed by atoms with Gasteiger partial charge in [0.15, 0.2) is 21.5 Å². The van der Waals surface area contributed by atoms with E-state index in [9.17, 15) is 8.42 Å². The standard InChI is InChI=1S/C21H22N6O2S2/c1-31(28,29)13-8-9-27(11-13)21-23-18-14-4-2-3-5-16(14)30-19(18)20(24-21)22-17-10-15(25-26-17)12-6-7-12/h2-5,10,12-13H,6-9,11H2,1H3,(H2,22,23,24,25,26)/t13-/m0/s1. The van der Waals surface area contributed by atoms with E-state index in [1.54, 1.807) is 11.3 Å². The number of benzene rings is 1. The third-order valence-corrected chi connectivity index (χ3v) is 8.87. The van der Waals surface area contributed by atoms with Crippen molar-refractivity contribution in [3.63, 3.8) is 0 Å². The molecule has 10 heteroatoms. The molecule has 2 aliphatic rings. The van der Waals surface area contributed by atoms with E-state index < -0.39 is 9.84 Å². The van der Waals surface area contributed by atoms with Crippen LogP contribution in [0.25, 0.3) is 20.3 Å². The van der Waals surface area contributed by atoms with E-state index in [4.69, 9.17) is 9.97 Å². The number of aromatic nitrogens is 4. The smallest absolute Gasteiger partial charge is 0.228 e.